The molecule has 2 saturated carbocycles. The van der Waals surface area contributed by atoms with Crippen LogP contribution in [0.15, 0.2) is 47.3 Å². The van der Waals surface area contributed by atoms with Gasteiger partial charge in [0.05, 0.1) is 42.0 Å². The highest BCUT2D eigenvalue weighted by Crippen LogP contribution is 2.65. The Balaban J connectivity index is 1.51. The van der Waals surface area contributed by atoms with E-state index in [2.05, 4.69) is 0 Å². The number of carbonyl (C=O) groups is 4. The third-order valence-corrected chi connectivity index (χ3v) is 9.07. The van der Waals surface area contributed by atoms with Crippen molar-refractivity contribution < 1.29 is 42.7 Å². The third-order valence-electron chi connectivity index (χ3n) is 9.07. The van der Waals surface area contributed by atoms with Gasteiger partial charge in [0.25, 0.3) is 5.69 Å². The van der Waals surface area contributed by atoms with E-state index in [0.717, 1.165) is 0 Å². The van der Waals surface area contributed by atoms with Crippen molar-refractivity contribution in [2.24, 2.45) is 28.6 Å². The topological polar surface area (TPSA) is 152 Å². The van der Waals surface area contributed by atoms with Crippen molar-refractivity contribution >= 4 is 29.4 Å². The van der Waals surface area contributed by atoms with Crippen molar-refractivity contribution in [1.29, 1.82) is 0 Å². The van der Waals surface area contributed by atoms with Crippen LogP contribution in [-0.4, -0.2) is 41.8 Å². The molecule has 11 nitrogen and oxygen atoms in total. The number of fused-ring (bicyclic) bond motifs is 3. The van der Waals surface area contributed by atoms with Crippen molar-refractivity contribution in [3.05, 3.63) is 64.1 Å². The summed E-state index contributed by atoms with van der Waals surface area (Å²) in [7, 11) is 1.27. The lowest BCUT2D eigenvalue weighted by molar-refractivity contribution is -0.384. The first-order valence-electron chi connectivity index (χ1n) is 12.8. The minimum Gasteiger partial charge on any atom is -0.472 e. The zero-order valence-corrected chi connectivity index (χ0v) is 21.8. The van der Waals surface area contributed by atoms with Gasteiger partial charge in [-0.15, -0.1) is 0 Å². The van der Waals surface area contributed by atoms with Gasteiger partial charge in [-0.3, -0.25) is 24.5 Å². The molecule has 0 bridgehead atoms. The molecule has 5 rings (SSSR count). The predicted molar refractivity (Wildman–Crippen MR) is 132 cm³/mol. The molecule has 1 unspecified atom stereocenters. The van der Waals surface area contributed by atoms with Gasteiger partial charge < -0.3 is 18.6 Å². The van der Waals surface area contributed by atoms with Crippen LogP contribution in [0.5, 0.6) is 0 Å². The lowest BCUT2D eigenvalue weighted by Crippen LogP contribution is -2.64. The number of rotatable bonds is 5. The first-order chi connectivity index (χ1) is 18.5. The molecule has 7 atom stereocenters. The summed E-state index contributed by atoms with van der Waals surface area (Å²) in [5.74, 6) is -4.28. The van der Waals surface area contributed by atoms with E-state index >= 15 is 0 Å². The van der Waals surface area contributed by atoms with E-state index in [1.165, 1.54) is 43.9 Å². The zero-order valence-electron chi connectivity index (χ0n) is 21.8. The number of cyclic esters (lactones) is 1. The van der Waals surface area contributed by atoms with Gasteiger partial charge in [-0.2, -0.15) is 0 Å². The van der Waals surface area contributed by atoms with Crippen LogP contribution in [0.1, 0.15) is 61.6 Å². The lowest BCUT2D eigenvalue weighted by Gasteiger charge is -2.61. The molecule has 2 heterocycles. The molecule has 2 aliphatic carbocycles. The molecule has 0 radical (unpaired) electrons. The molecule has 0 N–H and O–H groups in total. The standard InChI is InChI=1S/C28H29NO10/c1-27-10-8-18-26(33)39-21(16-9-11-37-14-16)13-28(18,2)23(27)22(30)20(12-19(27)25(32)36-3)38-24(31)15-4-6-17(7-5-15)29(34)35/h4-7,9,11,14,18-21,23H,8,10,12-13H2,1-3H3/t18-,19-,20+,21-,23?,27-,28-/m0/s1. The third kappa shape index (κ3) is 4.29. The number of nitro benzene ring substituents is 1. The molecule has 206 valence electrons. The van der Waals surface area contributed by atoms with Crippen LogP contribution in [-0.2, 0) is 28.6 Å². The highest BCUT2D eigenvalue weighted by Gasteiger charge is 2.67. The van der Waals surface area contributed by atoms with Gasteiger partial charge >= 0.3 is 17.9 Å². The Bertz CT molecular complexity index is 1320. The second-order valence-corrected chi connectivity index (χ2v) is 11.1. The molecule has 1 saturated heterocycles. The molecule has 0 amide bonds. The molecule has 3 fully saturated rings. The Morgan fingerprint density at radius 1 is 1.10 bits per heavy atom. The van der Waals surface area contributed by atoms with Gasteiger partial charge in [0.2, 0.25) is 0 Å². The molecule has 2 aromatic rings. The van der Waals surface area contributed by atoms with E-state index in [9.17, 15) is 29.3 Å². The zero-order chi connectivity index (χ0) is 28.1. The van der Waals surface area contributed by atoms with E-state index in [1.807, 2.05) is 13.8 Å². The van der Waals surface area contributed by atoms with Crippen LogP contribution >= 0.6 is 0 Å². The Hall–Kier alpha value is -4.02. The Labute approximate surface area is 223 Å². The minimum absolute atomic E-state index is 0.0327. The SMILES string of the molecule is COC(=O)[C@@H]1C[C@@H](OC(=O)c2ccc([N+](=O)[O-])cc2)C(=O)C2[C@@]1(C)CC[C@H]1C(=O)O[C@H](c3ccoc3)C[C@]21C. The number of non-ortho nitro benzene ring substituents is 1. The number of furan rings is 1. The number of benzene rings is 1. The molecule has 1 aromatic carbocycles. The lowest BCUT2D eigenvalue weighted by atomic mass is 9.43. The Morgan fingerprint density at radius 2 is 1.82 bits per heavy atom. The predicted octanol–water partition coefficient (Wildman–Crippen LogP) is 4.20. The average molecular weight is 540 g/mol. The minimum atomic E-state index is -1.27. The van der Waals surface area contributed by atoms with Crippen LogP contribution in [0.3, 0.4) is 0 Å². The Kier molecular flexibility index (Phi) is 6.56. The van der Waals surface area contributed by atoms with Gasteiger partial charge in [-0.25, -0.2) is 4.79 Å². The van der Waals surface area contributed by atoms with Crippen molar-refractivity contribution in [2.75, 3.05) is 7.11 Å². The summed E-state index contributed by atoms with van der Waals surface area (Å²) in [5.41, 5.74) is -1.23. The number of hydrogen-bond donors (Lipinski definition) is 0. The molecule has 0 spiro atoms. The largest absolute Gasteiger partial charge is 0.472 e. The number of ketones is 1. The molecule has 1 aromatic heterocycles. The fourth-order valence-electron chi connectivity index (χ4n) is 7.18. The van der Waals surface area contributed by atoms with Gasteiger partial charge in [0, 0.05) is 30.0 Å². The summed E-state index contributed by atoms with van der Waals surface area (Å²) in [6, 6.07) is 6.55. The maximum absolute atomic E-state index is 14.2. The second kappa shape index (κ2) is 9.62. The number of Topliss-reactive ketones (excluding diaryl/α,β-unsaturated/α-hetero) is 1. The van der Waals surface area contributed by atoms with Crippen LogP contribution in [0.2, 0.25) is 0 Å². The second-order valence-electron chi connectivity index (χ2n) is 11.1. The van der Waals surface area contributed by atoms with Crippen molar-refractivity contribution in [3.8, 4) is 0 Å². The number of nitro groups is 1. The summed E-state index contributed by atoms with van der Waals surface area (Å²) in [6.45, 7) is 3.75. The normalized spacial score (nSPS) is 33.8. The van der Waals surface area contributed by atoms with Crippen LogP contribution in [0.4, 0.5) is 5.69 Å². The quantitative estimate of drug-likeness (QED) is 0.234. The highest BCUT2D eigenvalue weighted by molar-refractivity contribution is 5.96. The van der Waals surface area contributed by atoms with E-state index in [4.69, 9.17) is 18.6 Å². The van der Waals surface area contributed by atoms with Gasteiger partial charge in [-0.1, -0.05) is 13.8 Å². The number of hydrogen-bond acceptors (Lipinski definition) is 10. The van der Waals surface area contributed by atoms with Gasteiger partial charge in [0.15, 0.2) is 11.9 Å². The summed E-state index contributed by atoms with van der Waals surface area (Å²) >= 11 is 0. The maximum Gasteiger partial charge on any atom is 0.338 e. The van der Waals surface area contributed by atoms with Crippen LogP contribution in [0, 0.1) is 38.7 Å². The fraction of sp³-hybridized carbons (Fsp3) is 0.500. The van der Waals surface area contributed by atoms with Gasteiger partial charge in [0.1, 0.15) is 6.10 Å². The van der Waals surface area contributed by atoms with Crippen molar-refractivity contribution in [1.82, 2.24) is 0 Å². The first kappa shape index (κ1) is 26.6. The van der Waals surface area contributed by atoms with E-state index in [-0.39, 0.29) is 23.5 Å². The number of carbonyl (C=O) groups excluding carboxylic acids is 4. The number of nitrogens with zero attached hydrogens (tertiary/aromatic N) is 1. The Morgan fingerprint density at radius 3 is 2.44 bits per heavy atom. The molecular formula is C28H29NO10. The monoisotopic (exact) mass is 539 g/mol. The average Bonchev–Trinajstić information content (AvgIpc) is 3.44. The van der Waals surface area contributed by atoms with E-state index in [0.29, 0.717) is 24.8 Å². The maximum atomic E-state index is 14.2. The molecule has 39 heavy (non-hydrogen) atoms. The molecule has 3 aliphatic rings. The summed E-state index contributed by atoms with van der Waals surface area (Å²) < 4.78 is 21.7. The van der Waals surface area contributed by atoms with Gasteiger partial charge in [-0.05, 0) is 48.3 Å². The van der Waals surface area contributed by atoms with E-state index < -0.39 is 63.6 Å². The van der Waals surface area contributed by atoms with Crippen molar-refractivity contribution in [2.45, 2.75) is 51.7 Å². The van der Waals surface area contributed by atoms with Crippen LogP contribution in [0.25, 0.3) is 0 Å². The van der Waals surface area contributed by atoms with Crippen molar-refractivity contribution in [3.63, 3.8) is 0 Å². The first-order valence-corrected chi connectivity index (χ1v) is 12.8. The smallest absolute Gasteiger partial charge is 0.338 e. The summed E-state index contributed by atoms with van der Waals surface area (Å²) in [6.07, 6.45) is 2.20. The number of methoxy groups -OCH3 is 1. The highest BCUT2D eigenvalue weighted by atomic mass is 16.6. The summed E-state index contributed by atoms with van der Waals surface area (Å²) in [4.78, 5) is 63.9. The molecular weight excluding hydrogens is 510 g/mol. The number of ether oxygens (including phenoxy) is 3. The summed E-state index contributed by atoms with van der Waals surface area (Å²) in [5, 5.41) is 11.0. The fourth-order valence-corrected chi connectivity index (χ4v) is 7.18. The van der Waals surface area contributed by atoms with E-state index in [1.54, 1.807) is 6.07 Å². The molecule has 1 aliphatic heterocycles. The molecule has 11 heteroatoms. The number of esters is 3. The van der Waals surface area contributed by atoms with Crippen LogP contribution < -0.4 is 0 Å².